The number of benzene rings is 3. The molecule has 0 spiro atoms. The fourth-order valence-electron chi connectivity index (χ4n) is 4.19. The van der Waals surface area contributed by atoms with Gasteiger partial charge in [-0.05, 0) is 35.7 Å². The number of hydrogen-bond acceptors (Lipinski definition) is 6. The lowest BCUT2D eigenvalue weighted by Gasteiger charge is -2.17. The summed E-state index contributed by atoms with van der Waals surface area (Å²) in [7, 11) is -4.11. The van der Waals surface area contributed by atoms with E-state index in [1.807, 2.05) is 47.0 Å². The first-order valence-corrected chi connectivity index (χ1v) is 13.9. The number of carboxylic acids is 1. The van der Waals surface area contributed by atoms with Gasteiger partial charge in [0.1, 0.15) is 17.1 Å². The van der Waals surface area contributed by atoms with Crippen molar-refractivity contribution < 1.29 is 31.8 Å². The summed E-state index contributed by atoms with van der Waals surface area (Å²) in [6, 6.07) is 16.2. The van der Waals surface area contributed by atoms with E-state index in [1.165, 1.54) is 35.2 Å². The van der Waals surface area contributed by atoms with Crippen molar-refractivity contribution in [3.8, 4) is 0 Å². The highest BCUT2D eigenvalue weighted by Gasteiger charge is 2.30. The van der Waals surface area contributed by atoms with Gasteiger partial charge in [0.05, 0.1) is 27.9 Å². The van der Waals surface area contributed by atoms with Crippen LogP contribution in [0.3, 0.4) is 0 Å². The number of carbonyl (C=O) groups is 1. The number of aromatic nitrogens is 1. The third-order valence-corrected chi connectivity index (χ3v) is 8.64. The van der Waals surface area contributed by atoms with Crippen LogP contribution in [0.4, 0.5) is 10.1 Å². The zero-order valence-corrected chi connectivity index (χ0v) is 20.7. The Morgan fingerprint density at radius 1 is 1.14 bits per heavy atom. The van der Waals surface area contributed by atoms with Crippen LogP contribution in [0.15, 0.2) is 64.5 Å². The number of carboxylic acid groups (broad SMARTS) is 1. The van der Waals surface area contributed by atoms with Crippen LogP contribution in [0.5, 0.6) is 0 Å². The van der Waals surface area contributed by atoms with Crippen molar-refractivity contribution in [3.05, 3.63) is 70.5 Å². The molecule has 4 aromatic rings. The number of fused-ring (bicyclic) bond motifs is 4. The van der Waals surface area contributed by atoms with Crippen LogP contribution >= 0.6 is 23.1 Å². The van der Waals surface area contributed by atoms with E-state index in [0.717, 1.165) is 30.9 Å². The van der Waals surface area contributed by atoms with Crippen LogP contribution < -0.4 is 9.47 Å². The maximum atomic E-state index is 13.9. The molecule has 0 bridgehead atoms. The lowest BCUT2D eigenvalue weighted by atomic mass is 10.1. The van der Waals surface area contributed by atoms with Crippen LogP contribution in [0.25, 0.3) is 27.1 Å². The second-order valence-electron chi connectivity index (χ2n) is 8.04. The first kappa shape index (κ1) is 23.7. The van der Waals surface area contributed by atoms with Gasteiger partial charge in [0.15, 0.2) is 6.54 Å². The number of thiazole rings is 1. The summed E-state index contributed by atoms with van der Waals surface area (Å²) in [5.74, 6) is -1.87. The summed E-state index contributed by atoms with van der Waals surface area (Å²) >= 11 is 2.85. The second kappa shape index (κ2) is 9.23. The molecule has 0 atom stereocenters. The molecule has 11 heteroatoms. The predicted octanol–water partition coefficient (Wildman–Crippen LogP) is 4.75. The van der Waals surface area contributed by atoms with E-state index < -0.39 is 21.9 Å². The molecule has 0 amide bonds. The Morgan fingerprint density at radius 3 is 2.71 bits per heavy atom. The van der Waals surface area contributed by atoms with Gasteiger partial charge in [0.2, 0.25) is 5.52 Å². The molecule has 2 N–H and O–H groups in total. The van der Waals surface area contributed by atoms with Crippen LogP contribution in [-0.4, -0.2) is 36.3 Å². The Hall–Kier alpha value is -2.99. The van der Waals surface area contributed by atoms with Crippen molar-refractivity contribution in [2.45, 2.75) is 17.9 Å². The maximum Gasteiger partial charge on any atom is 0.323 e. The van der Waals surface area contributed by atoms with E-state index in [1.54, 1.807) is 11.0 Å². The van der Waals surface area contributed by atoms with Crippen molar-refractivity contribution in [3.63, 3.8) is 0 Å². The summed E-state index contributed by atoms with van der Waals surface area (Å²) in [5.41, 5.74) is 1.43. The normalized spacial score (nSPS) is 14.8. The summed E-state index contributed by atoms with van der Waals surface area (Å²) in [6.45, 7) is 0.00392. The fourth-order valence-corrected chi connectivity index (χ4v) is 6.98. The molecule has 180 valence electrons. The zero-order valence-electron chi connectivity index (χ0n) is 18.2. The van der Waals surface area contributed by atoms with Gasteiger partial charge >= 0.3 is 5.97 Å². The van der Waals surface area contributed by atoms with Crippen molar-refractivity contribution in [2.24, 2.45) is 0 Å². The third kappa shape index (κ3) is 4.90. The molecule has 1 aliphatic rings. The SMILES string of the molecule is O=C(O)CN1C(=Cc2sc3ccc4ccccc4c3[n+]2CCCS(=O)(=O)O)Sc2ccc(F)cc21. The van der Waals surface area contributed by atoms with Crippen LogP contribution in [-0.2, 0) is 21.5 Å². The van der Waals surface area contributed by atoms with E-state index in [0.29, 0.717) is 17.3 Å². The first-order valence-electron chi connectivity index (χ1n) is 10.7. The van der Waals surface area contributed by atoms with E-state index in [9.17, 15) is 27.3 Å². The molecule has 7 nitrogen and oxygen atoms in total. The molecule has 1 aromatic heterocycles. The lowest BCUT2D eigenvalue weighted by molar-refractivity contribution is -0.667. The predicted molar refractivity (Wildman–Crippen MR) is 136 cm³/mol. The fraction of sp³-hybridized carbons (Fsp3) is 0.167. The first-order chi connectivity index (χ1) is 16.7. The Morgan fingerprint density at radius 2 is 1.94 bits per heavy atom. The van der Waals surface area contributed by atoms with Gasteiger partial charge in [-0.2, -0.15) is 13.0 Å². The number of hydrogen-bond donors (Lipinski definition) is 2. The lowest BCUT2D eigenvalue weighted by Crippen LogP contribution is -2.36. The van der Waals surface area contributed by atoms with Crippen LogP contribution in [0.1, 0.15) is 11.4 Å². The molecule has 2 heterocycles. The Labute approximate surface area is 208 Å². The van der Waals surface area contributed by atoms with Crippen molar-refractivity contribution in [1.82, 2.24) is 0 Å². The molecule has 1 aliphatic heterocycles. The van der Waals surface area contributed by atoms with Crippen LogP contribution in [0.2, 0.25) is 0 Å². The molecular weight excluding hydrogens is 511 g/mol. The highest BCUT2D eigenvalue weighted by molar-refractivity contribution is 8.03. The van der Waals surface area contributed by atoms with Crippen molar-refractivity contribution in [1.29, 1.82) is 0 Å². The monoisotopic (exact) mass is 531 g/mol. The number of thioether (sulfide) groups is 1. The average molecular weight is 532 g/mol. The highest BCUT2D eigenvalue weighted by Crippen LogP contribution is 2.47. The quantitative estimate of drug-likeness (QED) is 0.262. The number of aryl methyl sites for hydroxylation is 1. The van der Waals surface area contributed by atoms with E-state index in [4.69, 9.17) is 0 Å². The van der Waals surface area contributed by atoms with E-state index >= 15 is 0 Å². The standard InChI is InChI=1S/C24H19FN2O5S3/c25-16-7-9-19-18(12-16)27(14-23(28)29)22(33-19)13-21-26(10-3-11-35(30,31)32)24-17-5-2-1-4-15(17)6-8-20(24)34-21/h1-2,4-9,12-13H,3,10-11,14H2,(H-,28,29,30,31,32)/p+1. The molecule has 35 heavy (non-hydrogen) atoms. The van der Waals surface area contributed by atoms with Gasteiger partial charge in [0.25, 0.3) is 15.1 Å². The molecule has 0 aliphatic carbocycles. The molecule has 0 fully saturated rings. The number of halogens is 1. The third-order valence-electron chi connectivity index (χ3n) is 5.63. The van der Waals surface area contributed by atoms with Gasteiger partial charge in [-0.25, -0.2) is 4.39 Å². The average Bonchev–Trinajstić information content (AvgIpc) is 3.31. The van der Waals surface area contributed by atoms with Gasteiger partial charge < -0.3 is 10.0 Å². The molecule has 0 unspecified atom stereocenters. The molecule has 0 radical (unpaired) electrons. The number of nitrogens with zero attached hydrogens (tertiary/aromatic N) is 2. The number of anilines is 1. The molecule has 0 saturated heterocycles. The largest absolute Gasteiger partial charge is 0.480 e. The summed E-state index contributed by atoms with van der Waals surface area (Å²) in [6.07, 6.45) is 2.06. The maximum absolute atomic E-state index is 13.9. The molecule has 5 rings (SSSR count). The second-order valence-corrected chi connectivity index (χ2v) is 11.7. The molecule has 0 saturated carbocycles. The Balaban J connectivity index is 1.65. The van der Waals surface area contributed by atoms with Gasteiger partial charge in [-0.3, -0.25) is 9.35 Å². The summed E-state index contributed by atoms with van der Waals surface area (Å²) < 4.78 is 48.8. The van der Waals surface area contributed by atoms with Crippen molar-refractivity contribution in [2.75, 3.05) is 17.2 Å². The highest BCUT2D eigenvalue weighted by atomic mass is 32.2. The summed E-state index contributed by atoms with van der Waals surface area (Å²) in [4.78, 5) is 13.9. The topological polar surface area (TPSA) is 98.8 Å². The van der Waals surface area contributed by atoms with Crippen molar-refractivity contribution >= 4 is 71.9 Å². The number of rotatable bonds is 7. The van der Waals surface area contributed by atoms with Gasteiger partial charge in [-0.15, -0.1) is 0 Å². The minimum absolute atomic E-state index is 0.201. The minimum Gasteiger partial charge on any atom is -0.480 e. The minimum atomic E-state index is -4.11. The zero-order chi connectivity index (χ0) is 24.7. The molecular formula is C24H20FN2O5S3+. The van der Waals surface area contributed by atoms with E-state index in [-0.39, 0.29) is 18.7 Å². The van der Waals surface area contributed by atoms with E-state index in [2.05, 4.69) is 0 Å². The Kier molecular flexibility index (Phi) is 6.26. The van der Waals surface area contributed by atoms with Crippen LogP contribution in [0, 0.1) is 5.82 Å². The molecule has 3 aromatic carbocycles. The Bertz CT molecular complexity index is 1610. The van der Waals surface area contributed by atoms with Gasteiger partial charge in [-0.1, -0.05) is 47.4 Å². The summed E-state index contributed by atoms with van der Waals surface area (Å²) in [5, 5.41) is 12.9. The number of aliphatic carboxylic acids is 1. The smallest absolute Gasteiger partial charge is 0.323 e. The van der Waals surface area contributed by atoms with Gasteiger partial charge in [0, 0.05) is 11.3 Å².